The van der Waals surface area contributed by atoms with Crippen molar-refractivity contribution in [1.82, 2.24) is 10.6 Å². The van der Waals surface area contributed by atoms with Crippen molar-refractivity contribution in [2.24, 2.45) is 0 Å². The van der Waals surface area contributed by atoms with Gasteiger partial charge in [-0.2, -0.15) is 0 Å². The summed E-state index contributed by atoms with van der Waals surface area (Å²) in [7, 11) is 0. The van der Waals surface area contributed by atoms with Gasteiger partial charge in [-0.1, -0.05) is 48.7 Å². The van der Waals surface area contributed by atoms with Gasteiger partial charge < -0.3 is 10.6 Å². The summed E-state index contributed by atoms with van der Waals surface area (Å²) in [6.07, 6.45) is 1.74. The first kappa shape index (κ1) is 20.7. The fraction of sp³-hybridized carbons (Fsp3) is 0.391. The largest absolute Gasteiger partial charge is 0.350 e. The molecule has 2 amide bonds. The molecule has 0 radical (unpaired) electrons. The Morgan fingerprint density at radius 2 is 1.37 bits per heavy atom. The normalized spacial score (nSPS) is 11.7. The molecular formula is C23H30N2O2. The first-order valence-corrected chi connectivity index (χ1v) is 9.55. The van der Waals surface area contributed by atoms with Crippen molar-refractivity contribution >= 4 is 11.8 Å². The van der Waals surface area contributed by atoms with Crippen LogP contribution in [0.5, 0.6) is 0 Å². The highest BCUT2D eigenvalue weighted by molar-refractivity contribution is 5.97. The van der Waals surface area contributed by atoms with Crippen LogP contribution in [0.1, 0.15) is 62.7 Å². The molecule has 4 heteroatoms. The average molecular weight is 367 g/mol. The van der Waals surface area contributed by atoms with E-state index < -0.39 is 0 Å². The van der Waals surface area contributed by atoms with Crippen LogP contribution in [0.15, 0.2) is 36.4 Å². The first-order chi connectivity index (χ1) is 12.8. The van der Waals surface area contributed by atoms with Gasteiger partial charge in [-0.3, -0.25) is 9.59 Å². The molecule has 0 spiro atoms. The van der Waals surface area contributed by atoms with Crippen LogP contribution in [0, 0.1) is 27.7 Å². The number of nitrogens with one attached hydrogen (secondary N) is 2. The number of hydrogen-bond donors (Lipinski definition) is 2. The summed E-state index contributed by atoms with van der Waals surface area (Å²) in [5.41, 5.74) is 5.39. The number of rotatable bonds is 7. The average Bonchev–Trinajstić information content (AvgIpc) is 2.63. The lowest BCUT2D eigenvalue weighted by atomic mass is 10.0. The van der Waals surface area contributed by atoms with E-state index in [9.17, 15) is 9.59 Å². The Hall–Kier alpha value is -2.62. The second-order valence-electron chi connectivity index (χ2n) is 7.31. The van der Waals surface area contributed by atoms with Crippen LogP contribution in [-0.4, -0.2) is 24.4 Å². The number of amides is 2. The highest BCUT2D eigenvalue weighted by atomic mass is 16.2. The Bertz CT molecular complexity index is 827. The van der Waals surface area contributed by atoms with Crippen LogP contribution in [-0.2, 0) is 0 Å². The van der Waals surface area contributed by atoms with Crippen LogP contribution < -0.4 is 10.6 Å². The Morgan fingerprint density at radius 3 is 1.89 bits per heavy atom. The third-order valence-electron chi connectivity index (χ3n) is 4.76. The molecule has 0 aliphatic heterocycles. The molecule has 0 saturated heterocycles. The van der Waals surface area contributed by atoms with Crippen molar-refractivity contribution in [3.63, 3.8) is 0 Å². The zero-order valence-electron chi connectivity index (χ0n) is 17.0. The molecule has 0 aliphatic carbocycles. The van der Waals surface area contributed by atoms with E-state index in [0.717, 1.165) is 35.1 Å². The van der Waals surface area contributed by atoms with Crippen LogP contribution in [0.25, 0.3) is 0 Å². The summed E-state index contributed by atoms with van der Waals surface area (Å²) in [4.78, 5) is 25.2. The molecule has 2 rings (SSSR count). The molecule has 1 atom stereocenters. The number of carbonyl (C=O) groups is 2. The monoisotopic (exact) mass is 366 g/mol. The van der Waals surface area contributed by atoms with Crippen LogP contribution in [0.4, 0.5) is 0 Å². The highest BCUT2D eigenvalue weighted by Gasteiger charge is 2.17. The second kappa shape index (κ2) is 9.36. The van der Waals surface area contributed by atoms with Crippen molar-refractivity contribution in [3.05, 3.63) is 69.8 Å². The molecule has 4 nitrogen and oxygen atoms in total. The minimum atomic E-state index is -0.100. The smallest absolute Gasteiger partial charge is 0.251 e. The van der Waals surface area contributed by atoms with Gasteiger partial charge in [-0.15, -0.1) is 0 Å². The van der Waals surface area contributed by atoms with Gasteiger partial charge in [0, 0.05) is 23.7 Å². The Morgan fingerprint density at radius 1 is 0.852 bits per heavy atom. The van der Waals surface area contributed by atoms with Crippen molar-refractivity contribution in [1.29, 1.82) is 0 Å². The molecule has 2 aromatic rings. The van der Waals surface area contributed by atoms with Gasteiger partial charge in [-0.25, -0.2) is 0 Å². The van der Waals surface area contributed by atoms with Crippen molar-refractivity contribution in [2.45, 2.75) is 53.5 Å². The number of benzene rings is 2. The van der Waals surface area contributed by atoms with Crippen LogP contribution >= 0.6 is 0 Å². The van der Waals surface area contributed by atoms with E-state index in [1.54, 1.807) is 0 Å². The van der Waals surface area contributed by atoms with Crippen LogP contribution in [0.2, 0.25) is 0 Å². The van der Waals surface area contributed by atoms with E-state index in [2.05, 4.69) is 17.6 Å². The van der Waals surface area contributed by atoms with Gasteiger partial charge in [-0.05, 0) is 57.4 Å². The van der Waals surface area contributed by atoms with Gasteiger partial charge in [0.05, 0.1) is 0 Å². The lowest BCUT2D eigenvalue weighted by Crippen LogP contribution is -2.44. The minimum Gasteiger partial charge on any atom is -0.350 e. The predicted octanol–water partition coefficient (Wildman–Crippen LogP) is 4.25. The Balaban J connectivity index is 2.04. The quantitative estimate of drug-likeness (QED) is 0.770. The van der Waals surface area contributed by atoms with Gasteiger partial charge in [0.1, 0.15) is 0 Å². The number of carbonyl (C=O) groups excluding carboxylic acids is 2. The molecule has 27 heavy (non-hydrogen) atoms. The molecule has 0 heterocycles. The maximum Gasteiger partial charge on any atom is 0.251 e. The standard InChI is InChI=1S/C23H30N2O2/c1-6-7-19(25-23(27)21-13-16(3)9-11-18(21)5)14-24-22(26)20-12-15(2)8-10-17(20)4/h8-13,19H,6-7,14H2,1-5H3,(H,24,26)(H,25,27). The van der Waals surface area contributed by atoms with Crippen LogP contribution in [0.3, 0.4) is 0 Å². The van der Waals surface area contributed by atoms with Gasteiger partial charge in [0.2, 0.25) is 0 Å². The highest BCUT2D eigenvalue weighted by Crippen LogP contribution is 2.12. The Kier molecular flexibility index (Phi) is 7.17. The molecule has 2 aromatic carbocycles. The van der Waals surface area contributed by atoms with Crippen molar-refractivity contribution in [3.8, 4) is 0 Å². The first-order valence-electron chi connectivity index (χ1n) is 9.55. The topological polar surface area (TPSA) is 58.2 Å². The number of hydrogen-bond acceptors (Lipinski definition) is 2. The van der Waals surface area contributed by atoms with E-state index in [0.29, 0.717) is 17.7 Å². The lowest BCUT2D eigenvalue weighted by Gasteiger charge is -2.20. The molecule has 0 aromatic heterocycles. The minimum absolute atomic E-state index is 0.0874. The Labute approximate surface area is 162 Å². The fourth-order valence-electron chi connectivity index (χ4n) is 3.11. The van der Waals surface area contributed by atoms with E-state index in [4.69, 9.17) is 0 Å². The van der Waals surface area contributed by atoms with Gasteiger partial charge >= 0.3 is 0 Å². The van der Waals surface area contributed by atoms with E-state index in [-0.39, 0.29) is 17.9 Å². The second-order valence-corrected chi connectivity index (χ2v) is 7.31. The number of aryl methyl sites for hydroxylation is 4. The molecule has 1 unspecified atom stereocenters. The molecule has 2 N–H and O–H groups in total. The summed E-state index contributed by atoms with van der Waals surface area (Å²) in [5.74, 6) is -0.186. The van der Waals surface area contributed by atoms with Gasteiger partial charge in [0.25, 0.3) is 11.8 Å². The molecule has 0 aliphatic rings. The molecule has 144 valence electrons. The summed E-state index contributed by atoms with van der Waals surface area (Å²) in [5, 5.41) is 6.06. The third-order valence-corrected chi connectivity index (χ3v) is 4.76. The SMILES string of the molecule is CCCC(CNC(=O)c1cc(C)ccc1C)NC(=O)c1cc(C)ccc1C. The lowest BCUT2D eigenvalue weighted by molar-refractivity contribution is 0.0905. The predicted molar refractivity (Wildman–Crippen MR) is 110 cm³/mol. The zero-order valence-corrected chi connectivity index (χ0v) is 17.0. The van der Waals surface area contributed by atoms with Crippen molar-refractivity contribution < 1.29 is 9.59 Å². The maximum absolute atomic E-state index is 12.7. The fourth-order valence-corrected chi connectivity index (χ4v) is 3.11. The summed E-state index contributed by atoms with van der Waals surface area (Å²) in [6, 6.07) is 11.6. The molecule has 0 fully saturated rings. The molecule has 0 saturated carbocycles. The van der Waals surface area contributed by atoms with Crippen molar-refractivity contribution in [2.75, 3.05) is 6.54 Å². The molecular weight excluding hydrogens is 336 g/mol. The van der Waals surface area contributed by atoms with E-state index in [1.807, 2.05) is 64.1 Å². The maximum atomic E-state index is 12.7. The van der Waals surface area contributed by atoms with E-state index >= 15 is 0 Å². The summed E-state index contributed by atoms with van der Waals surface area (Å²) in [6.45, 7) is 10.3. The summed E-state index contributed by atoms with van der Waals surface area (Å²) >= 11 is 0. The zero-order chi connectivity index (χ0) is 20.0. The third kappa shape index (κ3) is 5.68. The van der Waals surface area contributed by atoms with Gasteiger partial charge in [0.15, 0.2) is 0 Å². The van der Waals surface area contributed by atoms with E-state index in [1.165, 1.54) is 0 Å². The summed E-state index contributed by atoms with van der Waals surface area (Å²) < 4.78 is 0. The molecule has 0 bridgehead atoms.